The van der Waals surface area contributed by atoms with Crippen LogP contribution >= 0.6 is 22.6 Å². The van der Waals surface area contributed by atoms with Gasteiger partial charge in [0.15, 0.2) is 0 Å². The second-order valence-electron chi connectivity index (χ2n) is 2.81. The average molecular weight is 300 g/mol. The third-order valence-corrected chi connectivity index (χ3v) is 2.07. The lowest BCUT2D eigenvalue weighted by Crippen LogP contribution is -2.19. The van der Waals surface area contributed by atoms with E-state index in [9.17, 15) is 12.9 Å². The highest BCUT2D eigenvalue weighted by Gasteiger charge is 2.23. The Kier molecular flexibility index (Phi) is 3.10. The minimum absolute atomic E-state index is 0.233. The van der Waals surface area contributed by atoms with Crippen LogP contribution in [0.2, 0.25) is 0 Å². The summed E-state index contributed by atoms with van der Waals surface area (Å²) in [7, 11) is 0. The third kappa shape index (κ3) is 3.88. The molecule has 0 unspecified atom stereocenters. The van der Waals surface area contributed by atoms with Gasteiger partial charge < -0.3 is 18.7 Å². The summed E-state index contributed by atoms with van der Waals surface area (Å²) in [4.78, 5) is 0. The SMILES string of the molecule is Nc1cc(I)cc(C[B-](F)(F)F)c1. The van der Waals surface area contributed by atoms with Gasteiger partial charge in [-0.25, -0.2) is 0 Å². The Bertz CT molecular complexity index is 293. The zero-order valence-corrected chi connectivity index (χ0v) is 8.76. The molecule has 0 atom stereocenters. The maximum absolute atomic E-state index is 12.0. The van der Waals surface area contributed by atoms with Crippen LogP contribution in [-0.2, 0) is 6.32 Å². The molecule has 0 aliphatic carbocycles. The van der Waals surface area contributed by atoms with Crippen LogP contribution in [0.15, 0.2) is 18.2 Å². The lowest BCUT2D eigenvalue weighted by Gasteiger charge is -2.13. The number of hydrogen-bond acceptors (Lipinski definition) is 1. The Morgan fingerprint density at radius 1 is 1.23 bits per heavy atom. The number of hydrogen-bond donors (Lipinski definition) is 1. The van der Waals surface area contributed by atoms with Gasteiger partial charge in [0.1, 0.15) is 0 Å². The zero-order valence-electron chi connectivity index (χ0n) is 6.61. The molecule has 0 saturated heterocycles. The highest BCUT2D eigenvalue weighted by molar-refractivity contribution is 14.1. The Morgan fingerprint density at radius 2 is 1.85 bits per heavy atom. The normalized spacial score (nSPS) is 11.7. The highest BCUT2D eigenvalue weighted by Crippen LogP contribution is 2.20. The van der Waals surface area contributed by atoms with Crippen molar-refractivity contribution in [2.24, 2.45) is 0 Å². The first-order valence-electron chi connectivity index (χ1n) is 3.63. The fraction of sp³-hybridized carbons (Fsp3) is 0.143. The molecule has 0 aromatic heterocycles. The average Bonchev–Trinajstić information content (AvgIpc) is 1.78. The molecule has 13 heavy (non-hydrogen) atoms. The van der Waals surface area contributed by atoms with Crippen molar-refractivity contribution in [3.8, 4) is 0 Å². The second-order valence-corrected chi connectivity index (χ2v) is 4.05. The van der Waals surface area contributed by atoms with Crippen molar-refractivity contribution in [2.75, 3.05) is 5.73 Å². The Balaban J connectivity index is 2.90. The predicted octanol–water partition coefficient (Wildman–Crippen LogP) is 2.80. The molecule has 2 N–H and O–H groups in total. The number of rotatable bonds is 2. The maximum Gasteiger partial charge on any atom is 0.482 e. The molecule has 0 spiro atoms. The lowest BCUT2D eigenvalue weighted by molar-refractivity contribution is 0.468. The summed E-state index contributed by atoms with van der Waals surface area (Å²) in [5, 5.41) is 0. The molecule has 0 fully saturated rings. The molecule has 0 bridgehead atoms. The Morgan fingerprint density at radius 3 is 2.31 bits per heavy atom. The smallest absolute Gasteiger partial charge is 0.449 e. The minimum Gasteiger partial charge on any atom is -0.449 e. The Hall–Kier alpha value is -0.395. The van der Waals surface area contributed by atoms with E-state index in [0.717, 1.165) is 3.57 Å². The van der Waals surface area contributed by atoms with Gasteiger partial charge in [-0.1, -0.05) is 11.9 Å². The largest absolute Gasteiger partial charge is 0.482 e. The minimum atomic E-state index is -4.77. The molecule has 0 aliphatic rings. The van der Waals surface area contributed by atoms with E-state index in [-0.39, 0.29) is 5.56 Å². The first kappa shape index (κ1) is 10.7. The number of nitrogen functional groups attached to an aromatic ring is 1. The molecule has 6 heteroatoms. The summed E-state index contributed by atoms with van der Waals surface area (Å²) in [6.45, 7) is -4.77. The molecule has 1 aromatic carbocycles. The summed E-state index contributed by atoms with van der Waals surface area (Å²) in [5.41, 5.74) is 6.02. The van der Waals surface area contributed by atoms with E-state index in [1.807, 2.05) is 22.6 Å². The number of benzene rings is 1. The van der Waals surface area contributed by atoms with E-state index in [4.69, 9.17) is 5.73 Å². The molecule has 0 aliphatic heterocycles. The first-order valence-corrected chi connectivity index (χ1v) is 4.70. The van der Waals surface area contributed by atoms with Gasteiger partial charge in [-0.05, 0) is 40.8 Å². The van der Waals surface area contributed by atoms with E-state index >= 15 is 0 Å². The summed E-state index contributed by atoms with van der Waals surface area (Å²) in [6.07, 6.45) is -0.860. The van der Waals surface area contributed by atoms with E-state index in [2.05, 4.69) is 0 Å². The molecule has 0 heterocycles. The molecule has 1 rings (SSSR count). The predicted molar refractivity (Wildman–Crippen MR) is 56.4 cm³/mol. The fourth-order valence-corrected chi connectivity index (χ4v) is 1.82. The van der Waals surface area contributed by atoms with Crippen molar-refractivity contribution in [3.63, 3.8) is 0 Å². The quantitative estimate of drug-likeness (QED) is 0.507. The van der Waals surface area contributed by atoms with Gasteiger partial charge in [-0.2, -0.15) is 0 Å². The van der Waals surface area contributed by atoms with Crippen LogP contribution in [0, 0.1) is 3.57 Å². The van der Waals surface area contributed by atoms with Gasteiger partial charge >= 0.3 is 6.98 Å². The van der Waals surface area contributed by atoms with Crippen molar-refractivity contribution in [1.29, 1.82) is 0 Å². The van der Waals surface area contributed by atoms with Gasteiger partial charge in [-0.15, -0.1) is 0 Å². The van der Waals surface area contributed by atoms with Crippen molar-refractivity contribution in [3.05, 3.63) is 27.3 Å². The number of halogens is 4. The molecule has 72 valence electrons. The van der Waals surface area contributed by atoms with Gasteiger partial charge in [0.05, 0.1) is 0 Å². The van der Waals surface area contributed by atoms with Crippen LogP contribution in [0.4, 0.5) is 18.6 Å². The summed E-state index contributed by atoms with van der Waals surface area (Å²) >= 11 is 1.94. The van der Waals surface area contributed by atoms with Crippen molar-refractivity contribution in [2.45, 2.75) is 6.32 Å². The molecule has 1 aromatic rings. The zero-order chi connectivity index (χ0) is 10.1. The van der Waals surface area contributed by atoms with Gasteiger partial charge in [-0.3, -0.25) is 0 Å². The van der Waals surface area contributed by atoms with E-state index in [1.54, 1.807) is 6.07 Å². The van der Waals surface area contributed by atoms with E-state index in [0.29, 0.717) is 5.69 Å². The molecule has 0 saturated carbocycles. The summed E-state index contributed by atoms with van der Waals surface area (Å²) in [5.74, 6) is 0. The van der Waals surface area contributed by atoms with Crippen molar-refractivity contribution in [1.82, 2.24) is 0 Å². The standard InChI is InChI=1S/C7H7BF3IN/c9-8(10,11)4-5-1-6(12)3-7(13)2-5/h1-3H,4,13H2/q-1. The van der Waals surface area contributed by atoms with E-state index in [1.165, 1.54) is 12.1 Å². The molecule has 0 radical (unpaired) electrons. The van der Waals surface area contributed by atoms with Crippen LogP contribution < -0.4 is 5.73 Å². The third-order valence-electron chi connectivity index (χ3n) is 1.45. The maximum atomic E-state index is 12.0. The van der Waals surface area contributed by atoms with Gasteiger partial charge in [0.2, 0.25) is 0 Å². The number of nitrogens with two attached hydrogens (primary N) is 1. The topological polar surface area (TPSA) is 26.0 Å². The van der Waals surface area contributed by atoms with Crippen LogP contribution in [0.3, 0.4) is 0 Å². The fourth-order valence-electron chi connectivity index (χ4n) is 1.06. The molecule has 0 amide bonds. The molecular formula is C7H7BF3IN-. The van der Waals surface area contributed by atoms with Crippen molar-refractivity contribution >= 4 is 35.3 Å². The summed E-state index contributed by atoms with van der Waals surface area (Å²) < 4.78 is 36.8. The van der Waals surface area contributed by atoms with Crippen LogP contribution in [-0.4, -0.2) is 6.98 Å². The van der Waals surface area contributed by atoms with Gasteiger partial charge in [0, 0.05) is 9.26 Å². The van der Waals surface area contributed by atoms with E-state index < -0.39 is 13.3 Å². The van der Waals surface area contributed by atoms with Crippen LogP contribution in [0.25, 0.3) is 0 Å². The van der Waals surface area contributed by atoms with Crippen LogP contribution in [0.1, 0.15) is 5.56 Å². The van der Waals surface area contributed by atoms with Crippen LogP contribution in [0.5, 0.6) is 0 Å². The molecular weight excluding hydrogens is 293 g/mol. The Labute approximate surface area is 87.7 Å². The summed E-state index contributed by atoms with van der Waals surface area (Å²) in [6, 6.07) is 4.48. The monoisotopic (exact) mass is 300 g/mol. The molecule has 1 nitrogen and oxygen atoms in total. The van der Waals surface area contributed by atoms with Gasteiger partial charge in [0.25, 0.3) is 0 Å². The second kappa shape index (κ2) is 3.77. The highest BCUT2D eigenvalue weighted by atomic mass is 127. The lowest BCUT2D eigenvalue weighted by atomic mass is 9.82. The number of anilines is 1. The first-order chi connectivity index (χ1) is 5.87. The van der Waals surface area contributed by atoms with Crippen molar-refractivity contribution < 1.29 is 12.9 Å².